The fourth-order valence-corrected chi connectivity index (χ4v) is 2.59. The molecule has 0 heterocycles. The maximum absolute atomic E-state index is 13.2. The Labute approximate surface area is 147 Å². The molecule has 2 N–H and O–H groups in total. The zero-order valence-corrected chi connectivity index (χ0v) is 14.3. The third-order valence-electron chi connectivity index (χ3n) is 3.90. The molecule has 0 saturated heterocycles. The van der Waals surface area contributed by atoms with E-state index in [0.717, 1.165) is 11.1 Å². The van der Waals surface area contributed by atoms with Gasteiger partial charge in [-0.15, -0.1) is 0 Å². The summed E-state index contributed by atoms with van der Waals surface area (Å²) in [5.74, 6) is -0.889. The second kappa shape index (κ2) is 9.57. The molecule has 0 bridgehead atoms. The number of hydrogen-bond donors (Lipinski definition) is 2. The van der Waals surface area contributed by atoms with Gasteiger partial charge in [0.05, 0.1) is 5.92 Å². The van der Waals surface area contributed by atoms with Crippen molar-refractivity contribution in [2.24, 2.45) is 0 Å². The first-order chi connectivity index (χ1) is 12.1. The van der Waals surface area contributed by atoms with E-state index in [0.29, 0.717) is 25.9 Å². The molecule has 0 saturated carbocycles. The fourth-order valence-electron chi connectivity index (χ4n) is 2.59. The van der Waals surface area contributed by atoms with Crippen LogP contribution in [-0.4, -0.2) is 24.9 Å². The molecule has 0 fully saturated rings. The van der Waals surface area contributed by atoms with Gasteiger partial charge in [-0.25, -0.2) is 4.39 Å². The number of amides is 2. The average Bonchev–Trinajstić information content (AvgIpc) is 2.61. The van der Waals surface area contributed by atoms with Gasteiger partial charge in [-0.3, -0.25) is 9.59 Å². The molecule has 5 heteroatoms. The molecule has 2 rings (SSSR count). The van der Waals surface area contributed by atoms with Crippen LogP contribution < -0.4 is 10.6 Å². The second-order valence-electron chi connectivity index (χ2n) is 5.92. The van der Waals surface area contributed by atoms with E-state index < -0.39 is 0 Å². The van der Waals surface area contributed by atoms with E-state index in [1.807, 2.05) is 30.3 Å². The first kappa shape index (κ1) is 18.6. The van der Waals surface area contributed by atoms with Gasteiger partial charge >= 0.3 is 0 Å². The van der Waals surface area contributed by atoms with Crippen molar-refractivity contribution in [3.63, 3.8) is 0 Å². The lowest BCUT2D eigenvalue weighted by atomic mass is 9.91. The highest BCUT2D eigenvalue weighted by molar-refractivity contribution is 5.84. The van der Waals surface area contributed by atoms with Crippen LogP contribution in [0, 0.1) is 5.82 Å². The topological polar surface area (TPSA) is 58.2 Å². The highest BCUT2D eigenvalue weighted by Crippen LogP contribution is 2.22. The molecule has 0 spiro atoms. The molecular formula is C20H23FN2O2. The number of hydrogen-bond acceptors (Lipinski definition) is 2. The van der Waals surface area contributed by atoms with Crippen molar-refractivity contribution in [1.82, 2.24) is 10.6 Å². The molecule has 4 nitrogen and oxygen atoms in total. The van der Waals surface area contributed by atoms with Crippen molar-refractivity contribution in [1.29, 1.82) is 0 Å². The maximum atomic E-state index is 13.2. The van der Waals surface area contributed by atoms with Crippen LogP contribution in [0.1, 0.15) is 30.4 Å². The summed E-state index contributed by atoms with van der Waals surface area (Å²) in [6.07, 6.45) is 1.21. The number of rotatable bonds is 8. The Hall–Kier alpha value is -2.69. The Balaban J connectivity index is 2.01. The van der Waals surface area contributed by atoms with E-state index in [1.54, 1.807) is 12.1 Å². The van der Waals surface area contributed by atoms with Crippen LogP contribution in [0.3, 0.4) is 0 Å². The Kier molecular flexibility index (Phi) is 7.14. The van der Waals surface area contributed by atoms with Crippen molar-refractivity contribution < 1.29 is 14.0 Å². The molecule has 2 aromatic carbocycles. The predicted molar refractivity (Wildman–Crippen MR) is 95.6 cm³/mol. The number of carbonyl (C=O) groups excluding carboxylic acids is 2. The lowest BCUT2D eigenvalue weighted by Crippen LogP contribution is -2.33. The maximum Gasteiger partial charge on any atom is 0.227 e. The summed E-state index contributed by atoms with van der Waals surface area (Å²) in [5.41, 5.74) is 1.83. The van der Waals surface area contributed by atoms with Crippen molar-refractivity contribution in [2.75, 3.05) is 13.1 Å². The van der Waals surface area contributed by atoms with E-state index in [4.69, 9.17) is 0 Å². The van der Waals surface area contributed by atoms with Gasteiger partial charge in [-0.1, -0.05) is 42.5 Å². The van der Waals surface area contributed by atoms with Gasteiger partial charge in [0.1, 0.15) is 5.82 Å². The lowest BCUT2D eigenvalue weighted by molar-refractivity contribution is -0.122. The van der Waals surface area contributed by atoms with Crippen LogP contribution in [-0.2, 0) is 16.0 Å². The highest BCUT2D eigenvalue weighted by atomic mass is 19.1. The fraction of sp³-hybridized carbons (Fsp3) is 0.300. The van der Waals surface area contributed by atoms with E-state index >= 15 is 0 Å². The van der Waals surface area contributed by atoms with E-state index in [2.05, 4.69) is 10.6 Å². The molecular weight excluding hydrogens is 319 g/mol. The summed E-state index contributed by atoms with van der Waals surface area (Å²) < 4.78 is 13.2. The van der Waals surface area contributed by atoms with Crippen molar-refractivity contribution in [2.45, 2.75) is 25.7 Å². The van der Waals surface area contributed by atoms with Crippen LogP contribution in [0.25, 0.3) is 0 Å². The highest BCUT2D eigenvalue weighted by Gasteiger charge is 2.20. The lowest BCUT2D eigenvalue weighted by Gasteiger charge is -2.18. The summed E-state index contributed by atoms with van der Waals surface area (Å²) >= 11 is 0. The molecule has 25 heavy (non-hydrogen) atoms. The molecule has 0 aliphatic rings. The predicted octanol–water partition coefficient (Wildman–Crippen LogP) is 2.79. The van der Waals surface area contributed by atoms with Crippen LogP contribution in [0.2, 0.25) is 0 Å². The van der Waals surface area contributed by atoms with Crippen LogP contribution in [0.4, 0.5) is 4.39 Å². The molecule has 2 aromatic rings. The van der Waals surface area contributed by atoms with Crippen LogP contribution in [0.15, 0.2) is 54.6 Å². The van der Waals surface area contributed by atoms with Crippen LogP contribution in [0.5, 0.6) is 0 Å². The van der Waals surface area contributed by atoms with Crippen molar-refractivity contribution >= 4 is 11.8 Å². The van der Waals surface area contributed by atoms with Gasteiger partial charge < -0.3 is 10.6 Å². The van der Waals surface area contributed by atoms with Gasteiger partial charge in [0.15, 0.2) is 0 Å². The zero-order chi connectivity index (χ0) is 18.1. The molecule has 1 atom stereocenters. The third-order valence-corrected chi connectivity index (χ3v) is 3.90. The number of halogens is 1. The molecule has 0 aliphatic heterocycles. The number of nitrogens with one attached hydrogen (secondary N) is 2. The molecule has 0 aromatic heterocycles. The van der Waals surface area contributed by atoms with Gasteiger partial charge in [0.25, 0.3) is 0 Å². The Bertz CT molecular complexity index is 687. The Morgan fingerprint density at radius 1 is 0.960 bits per heavy atom. The monoisotopic (exact) mass is 342 g/mol. The smallest absolute Gasteiger partial charge is 0.227 e. The summed E-state index contributed by atoms with van der Waals surface area (Å²) in [5, 5.41) is 5.60. The summed E-state index contributed by atoms with van der Waals surface area (Å²) in [7, 11) is 0. The second-order valence-corrected chi connectivity index (χ2v) is 5.92. The van der Waals surface area contributed by atoms with Crippen molar-refractivity contribution in [3.05, 3.63) is 71.5 Å². The van der Waals surface area contributed by atoms with E-state index in [1.165, 1.54) is 19.1 Å². The zero-order valence-electron chi connectivity index (χ0n) is 14.3. The summed E-state index contributed by atoms with van der Waals surface area (Å²) in [6.45, 7) is 2.46. The first-order valence-electron chi connectivity index (χ1n) is 8.38. The number of carbonyl (C=O) groups is 2. The molecule has 132 valence electrons. The molecule has 0 aliphatic carbocycles. The molecule has 2 amide bonds. The Morgan fingerprint density at radius 3 is 2.24 bits per heavy atom. The number of benzene rings is 2. The first-order valence-corrected chi connectivity index (χ1v) is 8.38. The summed E-state index contributed by atoms with van der Waals surface area (Å²) in [4.78, 5) is 23.5. The minimum absolute atomic E-state index is 0.0837. The summed E-state index contributed by atoms with van der Waals surface area (Å²) in [6, 6.07) is 15.8. The SMILES string of the molecule is CC(=O)NCCCNC(=O)C(Cc1ccccc1)c1ccc(F)cc1. The molecule has 1 unspecified atom stereocenters. The molecule has 0 radical (unpaired) electrons. The van der Waals surface area contributed by atoms with Crippen molar-refractivity contribution in [3.8, 4) is 0 Å². The minimum Gasteiger partial charge on any atom is -0.356 e. The van der Waals surface area contributed by atoms with Gasteiger partial charge in [0.2, 0.25) is 11.8 Å². The minimum atomic E-state index is -0.385. The quantitative estimate of drug-likeness (QED) is 0.725. The Morgan fingerprint density at radius 2 is 1.60 bits per heavy atom. The standard InChI is InChI=1S/C20H23FN2O2/c1-15(24)22-12-5-13-23-20(25)19(14-16-6-3-2-4-7-16)17-8-10-18(21)11-9-17/h2-4,6-11,19H,5,12-14H2,1H3,(H,22,24)(H,23,25). The van der Waals surface area contributed by atoms with E-state index in [-0.39, 0.29) is 23.5 Å². The van der Waals surface area contributed by atoms with Gasteiger partial charge in [-0.05, 0) is 36.1 Å². The van der Waals surface area contributed by atoms with Crippen LogP contribution >= 0.6 is 0 Å². The normalized spacial score (nSPS) is 11.6. The largest absolute Gasteiger partial charge is 0.356 e. The third kappa shape index (κ3) is 6.37. The van der Waals surface area contributed by atoms with E-state index in [9.17, 15) is 14.0 Å². The average molecular weight is 342 g/mol. The van der Waals surface area contributed by atoms with Gasteiger partial charge in [0, 0.05) is 20.0 Å². The van der Waals surface area contributed by atoms with Gasteiger partial charge in [-0.2, -0.15) is 0 Å².